The third-order valence-electron chi connectivity index (χ3n) is 10.7. The number of hydrogen-bond donors (Lipinski definition) is 1. The fourth-order valence-electron chi connectivity index (χ4n) is 8.95. The van der Waals surface area contributed by atoms with Crippen molar-refractivity contribution in [2.45, 2.75) is 89.1 Å². The Bertz CT molecular complexity index is 1070. The maximum Gasteiger partial charge on any atom is 0.156 e. The van der Waals surface area contributed by atoms with Crippen LogP contribution in [0.4, 0.5) is 5.69 Å². The van der Waals surface area contributed by atoms with Gasteiger partial charge in [-0.25, -0.2) is 0 Å². The van der Waals surface area contributed by atoms with Gasteiger partial charge in [0.25, 0.3) is 0 Å². The zero-order chi connectivity index (χ0) is 23.8. The molecule has 0 radical (unpaired) electrons. The number of benzene rings is 1. The fraction of sp³-hybridized carbons (Fsp3) is 0.633. The highest BCUT2D eigenvalue weighted by Gasteiger charge is 2.67. The molecule has 182 valence electrons. The molecule has 1 heterocycles. The van der Waals surface area contributed by atoms with Crippen molar-refractivity contribution in [3.63, 3.8) is 0 Å². The smallest absolute Gasteiger partial charge is 0.156 e. The molecule has 34 heavy (non-hydrogen) atoms. The molecule has 4 aliphatic carbocycles. The van der Waals surface area contributed by atoms with E-state index >= 15 is 0 Å². The van der Waals surface area contributed by atoms with E-state index in [0.29, 0.717) is 30.0 Å². The number of carbonyl (C=O) groups excluding carboxylic acids is 1. The van der Waals surface area contributed by atoms with Gasteiger partial charge in [0.15, 0.2) is 5.78 Å². The van der Waals surface area contributed by atoms with Crippen LogP contribution in [0.25, 0.3) is 0 Å². The molecule has 1 aromatic rings. The van der Waals surface area contributed by atoms with E-state index < -0.39 is 0 Å². The quantitative estimate of drug-likeness (QED) is 0.565. The largest absolute Gasteiger partial charge is 0.378 e. The van der Waals surface area contributed by atoms with Gasteiger partial charge in [-0.2, -0.15) is 5.06 Å². The first kappa shape index (κ1) is 22.5. The molecule has 0 aromatic heterocycles. The molecule has 1 spiro atoms. The zero-order valence-corrected chi connectivity index (χ0v) is 21.3. The minimum atomic E-state index is -0.0895. The van der Waals surface area contributed by atoms with Crippen molar-refractivity contribution >= 4 is 11.5 Å². The molecule has 1 saturated heterocycles. The van der Waals surface area contributed by atoms with Crippen LogP contribution in [0, 0.1) is 17.3 Å². The minimum absolute atomic E-state index is 0.0895. The second-order valence-corrected chi connectivity index (χ2v) is 12.3. The Hall–Kier alpha value is -1.91. The fourth-order valence-corrected chi connectivity index (χ4v) is 8.95. The summed E-state index contributed by atoms with van der Waals surface area (Å²) >= 11 is 0. The summed E-state index contributed by atoms with van der Waals surface area (Å²) in [5.74, 6) is 1.86. The van der Waals surface area contributed by atoms with Crippen molar-refractivity contribution in [2.75, 3.05) is 19.0 Å². The maximum atomic E-state index is 12.3. The third-order valence-corrected chi connectivity index (χ3v) is 10.7. The summed E-state index contributed by atoms with van der Waals surface area (Å²) in [5, 5.41) is 13.2. The molecule has 5 aliphatic rings. The van der Waals surface area contributed by atoms with Crippen LogP contribution in [-0.4, -0.2) is 41.7 Å². The molecule has 1 aromatic carbocycles. The Kier molecular flexibility index (Phi) is 5.17. The Balaban J connectivity index is 1.50. The van der Waals surface area contributed by atoms with E-state index in [4.69, 9.17) is 0 Å². The first-order chi connectivity index (χ1) is 16.2. The van der Waals surface area contributed by atoms with Crippen molar-refractivity contribution in [2.24, 2.45) is 17.3 Å². The van der Waals surface area contributed by atoms with Crippen LogP contribution in [0.15, 0.2) is 47.1 Å². The van der Waals surface area contributed by atoms with E-state index in [1.54, 1.807) is 10.6 Å². The molecule has 6 atom stereocenters. The molecule has 1 N–H and O–H groups in total. The molecule has 1 aliphatic heterocycles. The van der Waals surface area contributed by atoms with Crippen molar-refractivity contribution in [3.05, 3.63) is 52.6 Å². The van der Waals surface area contributed by atoms with Gasteiger partial charge < -0.3 is 10.1 Å². The van der Waals surface area contributed by atoms with Crippen LogP contribution in [0.5, 0.6) is 0 Å². The van der Waals surface area contributed by atoms with Crippen LogP contribution in [0.3, 0.4) is 0 Å². The summed E-state index contributed by atoms with van der Waals surface area (Å²) in [6, 6.07) is 9.45. The zero-order valence-electron chi connectivity index (χ0n) is 21.3. The van der Waals surface area contributed by atoms with E-state index in [1.165, 1.54) is 28.8 Å². The standard InChI is InChI=1S/C30H40N2O2/c1-19-13-15-30(32(19)34)16-14-27-25-11-7-21-17-23(33)10-12-24(21)28(25)26(18-29(27,30)2)20-5-8-22(9-6-20)31(3)4/h5-6,8-9,17,19,25-27,34H,7,10-16,18H2,1-4H3/t19?,25-,26?,27-,29-,30?/m0/s1. The van der Waals surface area contributed by atoms with Crippen molar-refractivity contribution in [1.82, 2.24) is 5.06 Å². The van der Waals surface area contributed by atoms with Crippen LogP contribution in [-0.2, 0) is 4.79 Å². The summed E-state index contributed by atoms with van der Waals surface area (Å²) in [5.41, 5.74) is 7.14. The van der Waals surface area contributed by atoms with E-state index in [0.717, 1.165) is 44.9 Å². The lowest BCUT2D eigenvalue weighted by Crippen LogP contribution is -2.57. The second-order valence-electron chi connectivity index (χ2n) is 12.3. The van der Waals surface area contributed by atoms with Crippen LogP contribution >= 0.6 is 0 Å². The van der Waals surface area contributed by atoms with E-state index in [2.05, 4.69) is 57.1 Å². The minimum Gasteiger partial charge on any atom is -0.378 e. The van der Waals surface area contributed by atoms with Gasteiger partial charge in [-0.05, 0) is 110 Å². The topological polar surface area (TPSA) is 43.8 Å². The van der Waals surface area contributed by atoms with E-state index in [9.17, 15) is 10.0 Å². The maximum absolute atomic E-state index is 12.3. The van der Waals surface area contributed by atoms with Crippen molar-refractivity contribution in [1.29, 1.82) is 0 Å². The predicted molar refractivity (Wildman–Crippen MR) is 136 cm³/mol. The number of ketones is 1. The number of anilines is 1. The number of fused-ring (bicyclic) bond motifs is 5. The highest BCUT2D eigenvalue weighted by molar-refractivity contribution is 5.93. The lowest BCUT2D eigenvalue weighted by molar-refractivity contribution is -0.211. The normalized spacial score (nSPS) is 39.7. The van der Waals surface area contributed by atoms with Gasteiger partial charge >= 0.3 is 0 Å². The Morgan fingerprint density at radius 1 is 1.03 bits per heavy atom. The first-order valence-corrected chi connectivity index (χ1v) is 13.5. The highest BCUT2D eigenvalue weighted by Crippen LogP contribution is 2.70. The van der Waals surface area contributed by atoms with Crippen LogP contribution in [0.2, 0.25) is 0 Å². The molecule has 4 heteroatoms. The number of rotatable bonds is 2. The number of hydrogen-bond acceptors (Lipinski definition) is 4. The molecule has 3 fully saturated rings. The lowest BCUT2D eigenvalue weighted by atomic mass is 9.50. The van der Waals surface area contributed by atoms with Gasteiger partial charge in [0, 0.05) is 38.2 Å². The lowest BCUT2D eigenvalue weighted by Gasteiger charge is -2.57. The van der Waals surface area contributed by atoms with Gasteiger partial charge in [0.05, 0.1) is 5.54 Å². The SMILES string of the molecule is CC1CCC2(CC[C@H]3[C@@H]4CCC5=CC(=O)CCC5=C4C(c4ccc(N(C)C)cc4)C[C@@]32C)N1O. The summed E-state index contributed by atoms with van der Waals surface area (Å²) < 4.78 is 0. The van der Waals surface area contributed by atoms with Crippen molar-refractivity contribution in [3.8, 4) is 0 Å². The monoisotopic (exact) mass is 460 g/mol. The Labute approximate surface area is 204 Å². The van der Waals surface area contributed by atoms with Crippen LogP contribution < -0.4 is 4.90 Å². The number of carbonyl (C=O) groups is 1. The Morgan fingerprint density at radius 2 is 1.76 bits per heavy atom. The predicted octanol–water partition coefficient (Wildman–Crippen LogP) is 6.26. The van der Waals surface area contributed by atoms with Gasteiger partial charge in [0.2, 0.25) is 0 Å². The number of allylic oxidation sites excluding steroid dienone is 4. The average Bonchev–Trinajstić information content (AvgIpc) is 3.29. The molecule has 2 saturated carbocycles. The summed E-state index contributed by atoms with van der Waals surface area (Å²) in [6.07, 6.45) is 11.4. The molecule has 0 amide bonds. The Morgan fingerprint density at radius 3 is 2.44 bits per heavy atom. The molecular formula is C30H40N2O2. The molecular weight excluding hydrogens is 420 g/mol. The summed E-state index contributed by atoms with van der Waals surface area (Å²) in [7, 11) is 4.19. The second kappa shape index (κ2) is 7.80. The van der Waals surface area contributed by atoms with E-state index in [1.807, 2.05) is 6.08 Å². The van der Waals surface area contributed by atoms with Gasteiger partial charge in [-0.1, -0.05) is 24.6 Å². The number of nitrogens with zero attached hydrogens (tertiary/aromatic N) is 2. The van der Waals surface area contributed by atoms with Gasteiger partial charge in [0.1, 0.15) is 0 Å². The van der Waals surface area contributed by atoms with Gasteiger partial charge in [-0.15, -0.1) is 0 Å². The molecule has 4 nitrogen and oxygen atoms in total. The van der Waals surface area contributed by atoms with Crippen LogP contribution in [0.1, 0.15) is 83.1 Å². The highest BCUT2D eigenvalue weighted by atomic mass is 16.5. The summed E-state index contributed by atoms with van der Waals surface area (Å²) in [4.78, 5) is 14.4. The average molecular weight is 461 g/mol. The van der Waals surface area contributed by atoms with Gasteiger partial charge in [-0.3, -0.25) is 4.79 Å². The van der Waals surface area contributed by atoms with E-state index in [-0.39, 0.29) is 17.0 Å². The first-order valence-electron chi connectivity index (χ1n) is 13.5. The molecule has 0 bridgehead atoms. The molecule has 6 rings (SSSR count). The summed E-state index contributed by atoms with van der Waals surface area (Å²) in [6.45, 7) is 4.71. The third kappa shape index (κ3) is 3.00. The number of hydroxylamine groups is 2. The van der Waals surface area contributed by atoms with Crippen molar-refractivity contribution < 1.29 is 10.0 Å². The molecule has 3 unspecified atom stereocenters.